The van der Waals surface area contributed by atoms with Crippen molar-refractivity contribution in [3.05, 3.63) is 18.2 Å². The van der Waals surface area contributed by atoms with Gasteiger partial charge in [-0.25, -0.2) is 4.98 Å². The van der Waals surface area contributed by atoms with Crippen LogP contribution in [0.15, 0.2) is 18.2 Å². The third-order valence-corrected chi connectivity index (χ3v) is 3.61. The predicted octanol–water partition coefficient (Wildman–Crippen LogP) is 2.16. The van der Waals surface area contributed by atoms with Crippen molar-refractivity contribution in [3.63, 3.8) is 0 Å². The molecule has 2 rings (SSSR count). The molecular formula is C13H18N4OS. The predicted molar refractivity (Wildman–Crippen MR) is 80.5 cm³/mol. The molecule has 0 radical (unpaired) electrons. The summed E-state index contributed by atoms with van der Waals surface area (Å²) in [5, 5.41) is 3.45. The van der Waals surface area contributed by atoms with Gasteiger partial charge in [0.2, 0.25) is 5.91 Å². The Labute approximate surface area is 116 Å². The van der Waals surface area contributed by atoms with E-state index < -0.39 is 0 Å². The molecule has 1 aromatic carbocycles. The van der Waals surface area contributed by atoms with Gasteiger partial charge in [-0.15, -0.1) is 0 Å². The van der Waals surface area contributed by atoms with E-state index in [1.807, 2.05) is 30.1 Å². The lowest BCUT2D eigenvalue weighted by atomic mass is 10.3. The van der Waals surface area contributed by atoms with Gasteiger partial charge < -0.3 is 11.1 Å². The van der Waals surface area contributed by atoms with Gasteiger partial charge in [-0.05, 0) is 38.2 Å². The van der Waals surface area contributed by atoms with E-state index in [4.69, 9.17) is 5.73 Å². The number of hydrogen-bond acceptors (Lipinski definition) is 5. The topological polar surface area (TPSA) is 71.2 Å². The van der Waals surface area contributed by atoms with Gasteiger partial charge in [0.25, 0.3) is 0 Å². The SMILES string of the molecule is CCCN(C)CC(=O)Nc1nc2ccc(N)cc2s1. The fraction of sp³-hybridized carbons (Fsp3) is 0.385. The summed E-state index contributed by atoms with van der Waals surface area (Å²) in [7, 11) is 1.93. The molecule has 0 aliphatic carbocycles. The van der Waals surface area contributed by atoms with E-state index in [1.165, 1.54) is 11.3 Å². The molecule has 0 fully saturated rings. The summed E-state index contributed by atoms with van der Waals surface area (Å²) in [5.41, 5.74) is 7.28. The number of fused-ring (bicyclic) bond motifs is 1. The second kappa shape index (κ2) is 5.99. The highest BCUT2D eigenvalue weighted by atomic mass is 32.1. The van der Waals surface area contributed by atoms with Crippen LogP contribution in [0.5, 0.6) is 0 Å². The van der Waals surface area contributed by atoms with Crippen LogP contribution in [-0.4, -0.2) is 35.9 Å². The Kier molecular flexibility index (Phi) is 4.34. The molecule has 2 aromatic rings. The third kappa shape index (κ3) is 3.65. The van der Waals surface area contributed by atoms with Crippen LogP contribution in [-0.2, 0) is 4.79 Å². The smallest absolute Gasteiger partial charge is 0.240 e. The Morgan fingerprint density at radius 1 is 1.53 bits per heavy atom. The average Bonchev–Trinajstić information content (AvgIpc) is 2.70. The minimum atomic E-state index is -0.0389. The van der Waals surface area contributed by atoms with Gasteiger partial charge in [0, 0.05) is 5.69 Å². The molecule has 0 bridgehead atoms. The molecule has 0 spiro atoms. The van der Waals surface area contributed by atoms with Gasteiger partial charge in [0.15, 0.2) is 5.13 Å². The van der Waals surface area contributed by atoms with Crippen LogP contribution in [0.4, 0.5) is 10.8 Å². The maximum Gasteiger partial charge on any atom is 0.240 e. The number of likely N-dealkylation sites (N-methyl/N-ethyl adjacent to an activating group) is 1. The fourth-order valence-corrected chi connectivity index (χ4v) is 2.79. The highest BCUT2D eigenvalue weighted by Gasteiger charge is 2.09. The van der Waals surface area contributed by atoms with Crippen molar-refractivity contribution < 1.29 is 4.79 Å². The highest BCUT2D eigenvalue weighted by Crippen LogP contribution is 2.27. The Hall–Kier alpha value is -1.66. The summed E-state index contributed by atoms with van der Waals surface area (Å²) in [4.78, 5) is 18.2. The average molecular weight is 278 g/mol. The number of hydrogen-bond donors (Lipinski definition) is 2. The van der Waals surface area contributed by atoms with Crippen molar-refractivity contribution in [2.45, 2.75) is 13.3 Å². The molecule has 1 amide bonds. The van der Waals surface area contributed by atoms with Gasteiger partial charge in [-0.1, -0.05) is 18.3 Å². The van der Waals surface area contributed by atoms with E-state index in [9.17, 15) is 4.79 Å². The molecule has 0 aliphatic rings. The first-order valence-corrected chi connectivity index (χ1v) is 7.04. The minimum absolute atomic E-state index is 0.0389. The molecule has 0 saturated heterocycles. The van der Waals surface area contributed by atoms with Crippen molar-refractivity contribution in [2.24, 2.45) is 0 Å². The zero-order valence-corrected chi connectivity index (χ0v) is 12.0. The van der Waals surface area contributed by atoms with Crippen molar-refractivity contribution in [1.82, 2.24) is 9.88 Å². The minimum Gasteiger partial charge on any atom is -0.399 e. The molecule has 1 heterocycles. The number of amides is 1. The number of thiazole rings is 1. The zero-order chi connectivity index (χ0) is 13.8. The largest absolute Gasteiger partial charge is 0.399 e. The monoisotopic (exact) mass is 278 g/mol. The highest BCUT2D eigenvalue weighted by molar-refractivity contribution is 7.22. The van der Waals surface area contributed by atoms with E-state index in [1.54, 1.807) is 0 Å². The number of aromatic nitrogens is 1. The number of anilines is 2. The van der Waals surface area contributed by atoms with Gasteiger partial charge in [0.05, 0.1) is 16.8 Å². The van der Waals surface area contributed by atoms with Crippen LogP contribution in [0, 0.1) is 0 Å². The second-order valence-corrected chi connectivity index (χ2v) is 5.56. The number of nitrogen functional groups attached to an aromatic ring is 1. The van der Waals surface area contributed by atoms with Gasteiger partial charge in [-0.2, -0.15) is 0 Å². The van der Waals surface area contributed by atoms with Crippen LogP contribution in [0.1, 0.15) is 13.3 Å². The molecule has 0 unspecified atom stereocenters. The molecule has 1 aromatic heterocycles. The van der Waals surface area contributed by atoms with Crippen molar-refractivity contribution >= 4 is 38.3 Å². The maximum absolute atomic E-state index is 11.8. The Morgan fingerprint density at radius 2 is 2.32 bits per heavy atom. The van der Waals surface area contributed by atoms with Gasteiger partial charge in [-0.3, -0.25) is 9.69 Å². The molecular weight excluding hydrogens is 260 g/mol. The van der Waals surface area contributed by atoms with Crippen molar-refractivity contribution in [3.8, 4) is 0 Å². The summed E-state index contributed by atoms with van der Waals surface area (Å²) in [6, 6.07) is 5.54. The van der Waals surface area contributed by atoms with Crippen molar-refractivity contribution in [1.29, 1.82) is 0 Å². The van der Waals surface area contributed by atoms with E-state index in [2.05, 4.69) is 17.2 Å². The number of benzene rings is 1. The Balaban J connectivity index is 2.02. The lowest BCUT2D eigenvalue weighted by Gasteiger charge is -2.13. The molecule has 3 N–H and O–H groups in total. The lowest BCUT2D eigenvalue weighted by molar-refractivity contribution is -0.117. The first-order valence-electron chi connectivity index (χ1n) is 6.23. The number of nitrogens with zero attached hydrogens (tertiary/aromatic N) is 2. The zero-order valence-electron chi connectivity index (χ0n) is 11.1. The molecule has 0 saturated carbocycles. The Morgan fingerprint density at radius 3 is 3.05 bits per heavy atom. The fourth-order valence-electron chi connectivity index (χ4n) is 1.86. The Bertz CT molecular complexity index is 581. The second-order valence-electron chi connectivity index (χ2n) is 4.53. The number of nitrogens with two attached hydrogens (primary N) is 1. The maximum atomic E-state index is 11.8. The summed E-state index contributed by atoms with van der Waals surface area (Å²) in [6.07, 6.45) is 1.03. The van der Waals surface area contributed by atoms with E-state index in [0.29, 0.717) is 17.4 Å². The van der Waals surface area contributed by atoms with Gasteiger partial charge >= 0.3 is 0 Å². The normalized spacial score (nSPS) is 11.1. The van der Waals surface area contributed by atoms with Crippen LogP contribution >= 0.6 is 11.3 Å². The molecule has 19 heavy (non-hydrogen) atoms. The molecule has 102 valence electrons. The first kappa shape index (κ1) is 13.8. The van der Waals surface area contributed by atoms with Crippen LogP contribution in [0.2, 0.25) is 0 Å². The standard InChI is InChI=1S/C13H18N4OS/c1-3-6-17(2)8-12(18)16-13-15-10-5-4-9(14)7-11(10)19-13/h4-5,7H,3,6,8,14H2,1-2H3,(H,15,16,18). The van der Waals surface area contributed by atoms with E-state index >= 15 is 0 Å². The third-order valence-electron chi connectivity index (χ3n) is 2.68. The summed E-state index contributed by atoms with van der Waals surface area (Å²) >= 11 is 1.44. The lowest BCUT2D eigenvalue weighted by Crippen LogP contribution is -2.30. The molecule has 6 heteroatoms. The molecule has 5 nitrogen and oxygen atoms in total. The van der Waals surface area contributed by atoms with E-state index in [0.717, 1.165) is 23.2 Å². The van der Waals surface area contributed by atoms with Crippen molar-refractivity contribution in [2.75, 3.05) is 31.2 Å². The number of carbonyl (C=O) groups excluding carboxylic acids is 1. The molecule has 0 aliphatic heterocycles. The first-order chi connectivity index (χ1) is 9.08. The number of rotatable bonds is 5. The summed E-state index contributed by atoms with van der Waals surface area (Å²) in [6.45, 7) is 3.38. The van der Waals surface area contributed by atoms with Gasteiger partial charge in [0.1, 0.15) is 0 Å². The summed E-state index contributed by atoms with van der Waals surface area (Å²) in [5.74, 6) is -0.0389. The molecule has 0 atom stereocenters. The number of nitrogens with one attached hydrogen (secondary N) is 1. The van der Waals surface area contributed by atoms with E-state index in [-0.39, 0.29) is 5.91 Å². The number of carbonyl (C=O) groups is 1. The quantitative estimate of drug-likeness (QED) is 0.822. The van der Waals surface area contributed by atoms with Crippen LogP contribution in [0.25, 0.3) is 10.2 Å². The van der Waals surface area contributed by atoms with Crippen LogP contribution in [0.3, 0.4) is 0 Å². The van der Waals surface area contributed by atoms with Crippen LogP contribution < -0.4 is 11.1 Å². The summed E-state index contributed by atoms with van der Waals surface area (Å²) < 4.78 is 0.984.